The Morgan fingerprint density at radius 1 is 1.40 bits per heavy atom. The molecule has 0 radical (unpaired) electrons. The van der Waals surface area contributed by atoms with E-state index in [0.717, 1.165) is 10.9 Å². The van der Waals surface area contributed by atoms with Gasteiger partial charge in [0.1, 0.15) is 0 Å². The van der Waals surface area contributed by atoms with Crippen LogP contribution in [0.3, 0.4) is 0 Å². The number of aliphatic hydroxyl groups is 1. The zero-order chi connectivity index (χ0) is 11.3. The Bertz CT molecular complexity index is 301. The first-order valence-electron chi connectivity index (χ1n) is 5.31. The average molecular weight is 272 g/mol. The van der Waals surface area contributed by atoms with E-state index in [2.05, 4.69) is 34.2 Å². The SMILES string of the molecule is CCC(NC[C@@H](C)O)c1ccccc1Br. The molecule has 15 heavy (non-hydrogen) atoms. The minimum Gasteiger partial charge on any atom is -0.392 e. The van der Waals surface area contributed by atoms with E-state index >= 15 is 0 Å². The highest BCUT2D eigenvalue weighted by molar-refractivity contribution is 9.10. The highest BCUT2D eigenvalue weighted by atomic mass is 79.9. The predicted molar refractivity (Wildman–Crippen MR) is 66.9 cm³/mol. The Balaban J connectivity index is 2.70. The summed E-state index contributed by atoms with van der Waals surface area (Å²) in [5.41, 5.74) is 1.25. The fraction of sp³-hybridized carbons (Fsp3) is 0.500. The highest BCUT2D eigenvalue weighted by Gasteiger charge is 2.11. The predicted octanol–water partition coefficient (Wildman–Crippen LogP) is 2.87. The molecule has 0 aromatic heterocycles. The molecule has 0 spiro atoms. The maximum atomic E-state index is 9.24. The van der Waals surface area contributed by atoms with Crippen LogP contribution in [0.5, 0.6) is 0 Å². The Kier molecular flexibility index (Phi) is 5.29. The first kappa shape index (κ1) is 12.7. The van der Waals surface area contributed by atoms with E-state index in [0.29, 0.717) is 12.6 Å². The van der Waals surface area contributed by atoms with E-state index in [-0.39, 0.29) is 6.10 Å². The van der Waals surface area contributed by atoms with Gasteiger partial charge < -0.3 is 10.4 Å². The first-order valence-corrected chi connectivity index (χ1v) is 6.10. The summed E-state index contributed by atoms with van der Waals surface area (Å²) in [6, 6.07) is 8.49. The molecule has 2 nitrogen and oxygen atoms in total. The largest absolute Gasteiger partial charge is 0.392 e. The van der Waals surface area contributed by atoms with Crippen molar-refractivity contribution in [3.8, 4) is 0 Å². The van der Waals surface area contributed by atoms with Gasteiger partial charge >= 0.3 is 0 Å². The van der Waals surface area contributed by atoms with E-state index in [1.807, 2.05) is 18.2 Å². The van der Waals surface area contributed by atoms with Crippen LogP contribution >= 0.6 is 15.9 Å². The van der Waals surface area contributed by atoms with Crippen molar-refractivity contribution in [1.29, 1.82) is 0 Å². The van der Waals surface area contributed by atoms with Gasteiger partial charge in [0.25, 0.3) is 0 Å². The summed E-state index contributed by atoms with van der Waals surface area (Å²) in [5.74, 6) is 0. The highest BCUT2D eigenvalue weighted by Crippen LogP contribution is 2.24. The lowest BCUT2D eigenvalue weighted by Crippen LogP contribution is -2.28. The molecule has 1 unspecified atom stereocenters. The molecule has 0 aliphatic heterocycles. The van der Waals surface area contributed by atoms with Gasteiger partial charge in [-0.15, -0.1) is 0 Å². The Labute approximate surface area is 99.8 Å². The zero-order valence-electron chi connectivity index (χ0n) is 9.20. The maximum Gasteiger partial charge on any atom is 0.0636 e. The third kappa shape index (κ3) is 3.93. The smallest absolute Gasteiger partial charge is 0.0636 e. The van der Waals surface area contributed by atoms with Gasteiger partial charge in [-0.05, 0) is 25.0 Å². The fourth-order valence-electron chi connectivity index (χ4n) is 1.54. The normalized spacial score (nSPS) is 14.9. The number of hydrogen-bond acceptors (Lipinski definition) is 2. The molecule has 1 aromatic rings. The summed E-state index contributed by atoms with van der Waals surface area (Å²) in [5, 5.41) is 12.6. The molecular weight excluding hydrogens is 254 g/mol. The van der Waals surface area contributed by atoms with Crippen molar-refractivity contribution >= 4 is 15.9 Å². The van der Waals surface area contributed by atoms with Gasteiger partial charge in [-0.3, -0.25) is 0 Å². The second-order valence-corrected chi connectivity index (χ2v) is 4.59. The van der Waals surface area contributed by atoms with Crippen LogP contribution in [-0.2, 0) is 0 Å². The van der Waals surface area contributed by atoms with Gasteiger partial charge in [0, 0.05) is 17.1 Å². The molecule has 0 heterocycles. The Morgan fingerprint density at radius 3 is 2.60 bits per heavy atom. The van der Waals surface area contributed by atoms with E-state index in [1.54, 1.807) is 6.92 Å². The Morgan fingerprint density at radius 2 is 2.07 bits per heavy atom. The summed E-state index contributed by atoms with van der Waals surface area (Å²) >= 11 is 3.54. The second kappa shape index (κ2) is 6.26. The number of aliphatic hydroxyl groups excluding tert-OH is 1. The van der Waals surface area contributed by atoms with Gasteiger partial charge in [0.2, 0.25) is 0 Å². The first-order chi connectivity index (χ1) is 7.15. The molecule has 2 N–H and O–H groups in total. The molecule has 2 atom stereocenters. The molecule has 0 fully saturated rings. The molecule has 0 saturated carbocycles. The number of halogens is 1. The van der Waals surface area contributed by atoms with Crippen LogP contribution in [-0.4, -0.2) is 17.8 Å². The van der Waals surface area contributed by atoms with Crippen molar-refractivity contribution in [2.24, 2.45) is 0 Å². The minimum absolute atomic E-state index is 0.301. The standard InChI is InChI=1S/C12H18BrNO/c1-3-12(14-8-9(2)15)10-6-4-5-7-11(10)13/h4-7,9,12,14-15H,3,8H2,1-2H3/t9-,12?/m1/s1. The van der Waals surface area contributed by atoms with E-state index in [1.165, 1.54) is 5.56 Å². The number of benzene rings is 1. The topological polar surface area (TPSA) is 32.3 Å². The number of nitrogens with one attached hydrogen (secondary N) is 1. The molecule has 1 rings (SSSR count). The van der Waals surface area contributed by atoms with E-state index in [4.69, 9.17) is 0 Å². The van der Waals surface area contributed by atoms with Gasteiger partial charge in [0.05, 0.1) is 6.10 Å². The molecule has 0 aliphatic rings. The van der Waals surface area contributed by atoms with Crippen LogP contribution < -0.4 is 5.32 Å². The van der Waals surface area contributed by atoms with Crippen molar-refractivity contribution < 1.29 is 5.11 Å². The fourth-order valence-corrected chi connectivity index (χ4v) is 2.11. The molecular formula is C12H18BrNO. The summed E-state index contributed by atoms with van der Waals surface area (Å²) < 4.78 is 1.12. The lowest BCUT2D eigenvalue weighted by molar-refractivity contribution is 0.185. The lowest BCUT2D eigenvalue weighted by Gasteiger charge is -2.19. The van der Waals surface area contributed by atoms with Crippen LogP contribution in [0.4, 0.5) is 0 Å². The summed E-state index contributed by atoms with van der Waals surface area (Å²) in [6.07, 6.45) is 0.705. The van der Waals surface area contributed by atoms with Gasteiger partial charge in [0.15, 0.2) is 0 Å². The van der Waals surface area contributed by atoms with Crippen molar-refractivity contribution in [3.05, 3.63) is 34.3 Å². The molecule has 84 valence electrons. The lowest BCUT2D eigenvalue weighted by atomic mass is 10.0. The van der Waals surface area contributed by atoms with Crippen molar-refractivity contribution in [1.82, 2.24) is 5.32 Å². The van der Waals surface area contributed by atoms with Crippen LogP contribution in [0.15, 0.2) is 28.7 Å². The molecule has 0 aliphatic carbocycles. The van der Waals surface area contributed by atoms with Crippen LogP contribution in [0.2, 0.25) is 0 Å². The quantitative estimate of drug-likeness (QED) is 0.863. The van der Waals surface area contributed by atoms with Gasteiger partial charge in [-0.1, -0.05) is 41.1 Å². The molecule has 0 amide bonds. The molecule has 1 aromatic carbocycles. The van der Waals surface area contributed by atoms with E-state index < -0.39 is 0 Å². The van der Waals surface area contributed by atoms with Crippen LogP contribution in [0.25, 0.3) is 0 Å². The van der Waals surface area contributed by atoms with Gasteiger partial charge in [-0.25, -0.2) is 0 Å². The average Bonchev–Trinajstić information content (AvgIpc) is 2.21. The summed E-state index contributed by atoms with van der Waals surface area (Å²) in [4.78, 5) is 0. The zero-order valence-corrected chi connectivity index (χ0v) is 10.8. The minimum atomic E-state index is -0.304. The number of hydrogen-bond donors (Lipinski definition) is 2. The monoisotopic (exact) mass is 271 g/mol. The second-order valence-electron chi connectivity index (χ2n) is 3.74. The van der Waals surface area contributed by atoms with Crippen LogP contribution in [0, 0.1) is 0 Å². The Hall–Kier alpha value is -0.380. The third-order valence-corrected chi connectivity index (χ3v) is 3.07. The maximum absolute atomic E-state index is 9.24. The van der Waals surface area contributed by atoms with Crippen molar-refractivity contribution in [3.63, 3.8) is 0 Å². The summed E-state index contributed by atoms with van der Waals surface area (Å²) in [6.45, 7) is 4.55. The molecule has 0 bridgehead atoms. The van der Waals surface area contributed by atoms with E-state index in [9.17, 15) is 5.11 Å². The number of rotatable bonds is 5. The van der Waals surface area contributed by atoms with Crippen LogP contribution in [0.1, 0.15) is 31.9 Å². The molecule has 0 saturated heterocycles. The van der Waals surface area contributed by atoms with Crippen molar-refractivity contribution in [2.45, 2.75) is 32.4 Å². The van der Waals surface area contributed by atoms with Crippen molar-refractivity contribution in [2.75, 3.05) is 6.54 Å². The molecule has 3 heteroatoms. The summed E-state index contributed by atoms with van der Waals surface area (Å²) in [7, 11) is 0. The third-order valence-electron chi connectivity index (χ3n) is 2.35. The van der Waals surface area contributed by atoms with Gasteiger partial charge in [-0.2, -0.15) is 0 Å².